The van der Waals surface area contributed by atoms with Gasteiger partial charge in [0.25, 0.3) is 0 Å². The lowest BCUT2D eigenvalue weighted by atomic mass is 10.1. The van der Waals surface area contributed by atoms with Crippen LogP contribution in [0, 0.1) is 0 Å². The van der Waals surface area contributed by atoms with Gasteiger partial charge in [-0.2, -0.15) is 0 Å². The molecule has 3 heteroatoms. The number of anilines is 1. The first-order chi connectivity index (χ1) is 10.6. The van der Waals surface area contributed by atoms with Gasteiger partial charge in [-0.05, 0) is 35.9 Å². The van der Waals surface area contributed by atoms with Crippen LogP contribution in [0.2, 0.25) is 0 Å². The molecule has 3 nitrogen and oxygen atoms in total. The second-order valence-electron chi connectivity index (χ2n) is 5.34. The first kappa shape index (κ1) is 14.1. The van der Waals surface area contributed by atoms with Gasteiger partial charge in [0.05, 0.1) is 10.9 Å². The smallest absolute Gasteiger partial charge is 0.199 e. The van der Waals surface area contributed by atoms with Gasteiger partial charge >= 0.3 is 0 Å². The van der Waals surface area contributed by atoms with Gasteiger partial charge < -0.3 is 9.32 Å². The third-order valence-corrected chi connectivity index (χ3v) is 3.57. The van der Waals surface area contributed by atoms with Gasteiger partial charge in [-0.1, -0.05) is 30.3 Å². The first-order valence-electron chi connectivity index (χ1n) is 7.11. The molecule has 0 unspecified atom stereocenters. The summed E-state index contributed by atoms with van der Waals surface area (Å²) >= 11 is 0. The van der Waals surface area contributed by atoms with Crippen LogP contribution in [0.15, 0.2) is 64.0 Å². The molecular formula is C19H17NO2. The molecule has 0 N–H and O–H groups in total. The lowest BCUT2D eigenvalue weighted by Crippen LogP contribution is -2.07. The highest BCUT2D eigenvalue weighted by molar-refractivity contribution is 5.80. The Kier molecular flexibility index (Phi) is 3.79. The van der Waals surface area contributed by atoms with E-state index in [1.807, 2.05) is 61.5 Å². The van der Waals surface area contributed by atoms with Crippen molar-refractivity contribution < 1.29 is 4.42 Å². The third kappa shape index (κ3) is 2.79. The summed E-state index contributed by atoms with van der Waals surface area (Å²) in [5.41, 5.74) is 3.33. The molecule has 1 aromatic heterocycles. The molecule has 1 heterocycles. The van der Waals surface area contributed by atoms with E-state index < -0.39 is 0 Å². The molecule has 22 heavy (non-hydrogen) atoms. The van der Waals surface area contributed by atoms with Crippen molar-refractivity contribution in [2.24, 2.45) is 0 Å². The van der Waals surface area contributed by atoms with Gasteiger partial charge in [0.1, 0.15) is 11.8 Å². The highest BCUT2D eigenvalue weighted by atomic mass is 16.3. The van der Waals surface area contributed by atoms with E-state index in [-0.39, 0.29) is 5.43 Å². The maximum absolute atomic E-state index is 12.4. The Hall–Kier alpha value is -2.81. The summed E-state index contributed by atoms with van der Waals surface area (Å²) in [5.74, 6) is 0. The number of rotatable bonds is 3. The minimum Gasteiger partial charge on any atom is -0.463 e. The van der Waals surface area contributed by atoms with Crippen molar-refractivity contribution in [3.63, 3.8) is 0 Å². The maximum Gasteiger partial charge on any atom is 0.199 e. The summed E-state index contributed by atoms with van der Waals surface area (Å²) in [6.45, 7) is 0. The Bertz CT molecular complexity index is 874. The summed E-state index contributed by atoms with van der Waals surface area (Å²) in [6, 6.07) is 15.4. The molecule has 3 rings (SSSR count). The van der Waals surface area contributed by atoms with E-state index in [4.69, 9.17) is 4.42 Å². The van der Waals surface area contributed by atoms with Crippen LogP contribution in [-0.2, 0) is 0 Å². The van der Waals surface area contributed by atoms with Crippen LogP contribution < -0.4 is 10.3 Å². The molecule has 0 saturated carbocycles. The molecule has 0 saturated heterocycles. The number of hydrogen-bond donors (Lipinski definition) is 0. The molecule has 3 aromatic rings. The topological polar surface area (TPSA) is 33.5 Å². The summed E-state index contributed by atoms with van der Waals surface area (Å²) in [6.07, 6.45) is 5.22. The van der Waals surface area contributed by atoms with Crippen LogP contribution in [0.5, 0.6) is 0 Å². The summed E-state index contributed by atoms with van der Waals surface area (Å²) in [7, 11) is 4.01. The standard InChI is InChI=1S/C19H17NO2/c1-20(2)16-11-8-14(9-12-16)7-10-15-13-22-18-6-4-3-5-17(18)19(15)21/h3-13H,1-2H3/b10-7+. The van der Waals surface area contributed by atoms with Crippen molar-refractivity contribution in [3.8, 4) is 0 Å². The van der Waals surface area contributed by atoms with Crippen LogP contribution in [0.3, 0.4) is 0 Å². The van der Waals surface area contributed by atoms with E-state index in [0.29, 0.717) is 16.5 Å². The number of fused-ring (bicyclic) bond motifs is 1. The molecule has 2 aromatic carbocycles. The largest absolute Gasteiger partial charge is 0.463 e. The van der Waals surface area contributed by atoms with E-state index >= 15 is 0 Å². The number of hydrogen-bond acceptors (Lipinski definition) is 3. The van der Waals surface area contributed by atoms with E-state index in [1.165, 1.54) is 6.26 Å². The van der Waals surface area contributed by atoms with Crippen molar-refractivity contribution in [1.82, 2.24) is 0 Å². The van der Waals surface area contributed by atoms with Crippen LogP contribution in [-0.4, -0.2) is 14.1 Å². The van der Waals surface area contributed by atoms with E-state index in [9.17, 15) is 4.79 Å². The minimum atomic E-state index is -0.0111. The van der Waals surface area contributed by atoms with Gasteiger partial charge in [-0.25, -0.2) is 0 Å². The maximum atomic E-state index is 12.4. The molecular weight excluding hydrogens is 274 g/mol. The minimum absolute atomic E-state index is 0.0111. The third-order valence-electron chi connectivity index (χ3n) is 3.57. The number of nitrogens with zero attached hydrogens (tertiary/aromatic N) is 1. The molecule has 0 bridgehead atoms. The molecule has 0 aliphatic heterocycles. The first-order valence-corrected chi connectivity index (χ1v) is 7.11. The Labute approximate surface area is 129 Å². The van der Waals surface area contributed by atoms with Gasteiger partial charge in [0, 0.05) is 19.8 Å². The average molecular weight is 291 g/mol. The molecule has 0 aliphatic rings. The fourth-order valence-corrected chi connectivity index (χ4v) is 2.28. The SMILES string of the molecule is CN(C)c1ccc(/C=C/c2coc3ccccc3c2=O)cc1. The Morgan fingerprint density at radius 1 is 0.955 bits per heavy atom. The quantitative estimate of drug-likeness (QED) is 0.730. The van der Waals surface area contributed by atoms with Gasteiger partial charge in [-0.3, -0.25) is 4.79 Å². The van der Waals surface area contributed by atoms with E-state index in [2.05, 4.69) is 0 Å². The van der Waals surface area contributed by atoms with Crippen molar-refractivity contribution >= 4 is 28.8 Å². The zero-order chi connectivity index (χ0) is 15.5. The molecule has 110 valence electrons. The monoisotopic (exact) mass is 291 g/mol. The van der Waals surface area contributed by atoms with Crippen molar-refractivity contribution in [2.45, 2.75) is 0 Å². The highest BCUT2D eigenvalue weighted by Gasteiger charge is 2.03. The molecule has 0 fully saturated rings. The Morgan fingerprint density at radius 2 is 1.68 bits per heavy atom. The zero-order valence-corrected chi connectivity index (χ0v) is 12.6. The van der Waals surface area contributed by atoms with Crippen LogP contribution >= 0.6 is 0 Å². The Balaban J connectivity index is 1.92. The zero-order valence-electron chi connectivity index (χ0n) is 12.6. The fraction of sp³-hybridized carbons (Fsp3) is 0.105. The second kappa shape index (κ2) is 5.90. The predicted octanol–water partition coefficient (Wildman–Crippen LogP) is 4.03. The second-order valence-corrected chi connectivity index (χ2v) is 5.34. The van der Waals surface area contributed by atoms with Crippen molar-refractivity contribution in [1.29, 1.82) is 0 Å². The molecule has 0 radical (unpaired) electrons. The van der Waals surface area contributed by atoms with Crippen molar-refractivity contribution in [3.05, 3.63) is 76.1 Å². The van der Waals surface area contributed by atoms with E-state index in [0.717, 1.165) is 11.3 Å². The average Bonchev–Trinajstić information content (AvgIpc) is 2.55. The molecule has 0 spiro atoms. The summed E-state index contributed by atoms with van der Waals surface area (Å²) in [4.78, 5) is 14.4. The normalized spacial score (nSPS) is 11.2. The number of para-hydroxylation sites is 1. The molecule has 0 aliphatic carbocycles. The van der Waals surface area contributed by atoms with E-state index in [1.54, 1.807) is 18.2 Å². The van der Waals surface area contributed by atoms with Gasteiger partial charge in [0.15, 0.2) is 5.43 Å². The lowest BCUT2D eigenvalue weighted by molar-refractivity contribution is 0.601. The number of benzene rings is 2. The molecule has 0 atom stereocenters. The van der Waals surface area contributed by atoms with Gasteiger partial charge in [0.2, 0.25) is 0 Å². The Morgan fingerprint density at radius 3 is 2.41 bits per heavy atom. The highest BCUT2D eigenvalue weighted by Crippen LogP contribution is 2.15. The van der Waals surface area contributed by atoms with Crippen LogP contribution in [0.1, 0.15) is 11.1 Å². The predicted molar refractivity (Wildman–Crippen MR) is 92.2 cm³/mol. The van der Waals surface area contributed by atoms with Crippen molar-refractivity contribution in [2.75, 3.05) is 19.0 Å². The fourth-order valence-electron chi connectivity index (χ4n) is 2.28. The lowest BCUT2D eigenvalue weighted by Gasteiger charge is -2.11. The van der Waals surface area contributed by atoms with Crippen LogP contribution in [0.25, 0.3) is 23.1 Å². The van der Waals surface area contributed by atoms with Gasteiger partial charge in [-0.15, -0.1) is 0 Å². The summed E-state index contributed by atoms with van der Waals surface area (Å²) in [5, 5.41) is 0.604. The van der Waals surface area contributed by atoms with Crippen LogP contribution in [0.4, 0.5) is 5.69 Å². The summed E-state index contributed by atoms with van der Waals surface area (Å²) < 4.78 is 5.50. The molecule has 0 amide bonds.